The van der Waals surface area contributed by atoms with Crippen LogP contribution in [0.4, 0.5) is 5.82 Å². The predicted molar refractivity (Wildman–Crippen MR) is 85.2 cm³/mol. The second kappa shape index (κ2) is 7.06. The number of nitrogens with one attached hydrogen (secondary N) is 2. The minimum Gasteiger partial charge on any atom is -0.355 e. The van der Waals surface area contributed by atoms with Gasteiger partial charge in [-0.05, 0) is 31.9 Å². The molecule has 1 aliphatic heterocycles. The molecule has 2 heterocycles. The molecule has 0 radical (unpaired) electrons. The Balaban J connectivity index is 1.89. The van der Waals surface area contributed by atoms with Gasteiger partial charge < -0.3 is 10.2 Å². The van der Waals surface area contributed by atoms with Gasteiger partial charge in [0.25, 0.3) is 0 Å². The molecule has 1 saturated heterocycles. The van der Waals surface area contributed by atoms with E-state index >= 15 is 0 Å². The minimum atomic E-state index is -3.35. The molecule has 0 aromatic carbocycles. The zero-order valence-corrected chi connectivity index (χ0v) is 13.7. The van der Waals surface area contributed by atoms with Gasteiger partial charge in [-0.2, -0.15) is 0 Å². The molecule has 8 heteroatoms. The average Bonchev–Trinajstić information content (AvgIpc) is 2.45. The maximum Gasteiger partial charge on any atom is 0.235 e. The zero-order valence-electron chi connectivity index (χ0n) is 12.9. The van der Waals surface area contributed by atoms with Gasteiger partial charge in [-0.3, -0.25) is 4.79 Å². The fourth-order valence-corrected chi connectivity index (χ4v) is 2.88. The summed E-state index contributed by atoms with van der Waals surface area (Å²) in [4.78, 5) is 18.4. The molecule has 1 atom stereocenters. The fourth-order valence-electron chi connectivity index (χ4n) is 2.48. The van der Waals surface area contributed by atoms with Gasteiger partial charge in [0.05, 0.1) is 12.8 Å². The number of nitrogens with zero attached hydrogens (tertiary/aromatic N) is 2. The summed E-state index contributed by atoms with van der Waals surface area (Å²) in [5.41, 5.74) is 0.959. The van der Waals surface area contributed by atoms with Crippen molar-refractivity contribution in [3.8, 4) is 0 Å². The van der Waals surface area contributed by atoms with E-state index in [-0.39, 0.29) is 18.5 Å². The normalized spacial score (nSPS) is 19.0. The van der Waals surface area contributed by atoms with Crippen LogP contribution in [0.3, 0.4) is 0 Å². The van der Waals surface area contributed by atoms with Crippen LogP contribution in [0.5, 0.6) is 0 Å². The molecule has 2 rings (SSSR count). The Morgan fingerprint density at radius 2 is 2.23 bits per heavy atom. The van der Waals surface area contributed by atoms with E-state index in [9.17, 15) is 13.2 Å². The molecule has 0 aliphatic carbocycles. The van der Waals surface area contributed by atoms with Gasteiger partial charge in [0.15, 0.2) is 0 Å². The summed E-state index contributed by atoms with van der Waals surface area (Å²) in [6, 6.07) is 5.88. The standard InChI is InChI=1S/C14H22N4O3S/c1-11-5-3-7-13(16-11)18-8-4-6-12(10-18)17-14(19)9-15-22(2,20)21/h3,5,7,12,15H,4,6,8-10H2,1-2H3,(H,17,19)/t12-/m0/s1. The molecule has 1 amide bonds. The highest BCUT2D eigenvalue weighted by Crippen LogP contribution is 2.18. The van der Waals surface area contributed by atoms with Gasteiger partial charge in [-0.15, -0.1) is 0 Å². The third kappa shape index (κ3) is 5.27. The Morgan fingerprint density at radius 1 is 1.45 bits per heavy atom. The molecule has 1 aliphatic rings. The van der Waals surface area contributed by atoms with Crippen molar-refractivity contribution in [2.45, 2.75) is 25.8 Å². The fraction of sp³-hybridized carbons (Fsp3) is 0.571. The highest BCUT2D eigenvalue weighted by molar-refractivity contribution is 7.88. The first-order valence-electron chi connectivity index (χ1n) is 7.26. The lowest BCUT2D eigenvalue weighted by atomic mass is 10.1. The van der Waals surface area contributed by atoms with Crippen LogP contribution in [0.2, 0.25) is 0 Å². The molecule has 0 bridgehead atoms. The van der Waals surface area contributed by atoms with Crippen molar-refractivity contribution >= 4 is 21.7 Å². The predicted octanol–water partition coefficient (Wildman–Crippen LogP) is 0.0242. The van der Waals surface area contributed by atoms with Crippen LogP contribution in [-0.4, -0.2) is 51.2 Å². The molecule has 7 nitrogen and oxygen atoms in total. The highest BCUT2D eigenvalue weighted by atomic mass is 32.2. The second-order valence-electron chi connectivity index (χ2n) is 5.58. The van der Waals surface area contributed by atoms with Crippen LogP contribution in [0, 0.1) is 6.92 Å². The number of hydrogen-bond donors (Lipinski definition) is 2. The molecule has 122 valence electrons. The van der Waals surface area contributed by atoms with E-state index in [0.717, 1.165) is 37.2 Å². The van der Waals surface area contributed by atoms with Crippen molar-refractivity contribution < 1.29 is 13.2 Å². The van der Waals surface area contributed by atoms with Crippen molar-refractivity contribution in [1.29, 1.82) is 0 Å². The Hall–Kier alpha value is -1.67. The van der Waals surface area contributed by atoms with E-state index in [2.05, 4.69) is 19.9 Å². The van der Waals surface area contributed by atoms with Gasteiger partial charge in [-0.25, -0.2) is 18.1 Å². The topological polar surface area (TPSA) is 91.4 Å². The summed E-state index contributed by atoms with van der Waals surface area (Å²) in [6.07, 6.45) is 2.87. The number of sulfonamides is 1. The van der Waals surface area contributed by atoms with Crippen LogP contribution >= 0.6 is 0 Å². The summed E-state index contributed by atoms with van der Waals surface area (Å²) < 4.78 is 24.2. The van der Waals surface area contributed by atoms with Crippen LogP contribution < -0.4 is 14.9 Å². The zero-order chi connectivity index (χ0) is 16.2. The Bertz CT molecular complexity index is 633. The van der Waals surface area contributed by atoms with Crippen LogP contribution in [0.15, 0.2) is 18.2 Å². The van der Waals surface area contributed by atoms with Crippen molar-refractivity contribution in [1.82, 2.24) is 15.0 Å². The third-order valence-corrected chi connectivity index (χ3v) is 4.15. The van der Waals surface area contributed by atoms with Gasteiger partial charge in [0.1, 0.15) is 5.82 Å². The van der Waals surface area contributed by atoms with Crippen LogP contribution in [0.25, 0.3) is 0 Å². The first kappa shape index (κ1) is 16.7. The largest absolute Gasteiger partial charge is 0.355 e. The Kier molecular flexibility index (Phi) is 5.36. The maximum atomic E-state index is 11.8. The summed E-state index contributed by atoms with van der Waals surface area (Å²) in [5, 5.41) is 2.87. The molecule has 0 saturated carbocycles. The van der Waals surface area contributed by atoms with Crippen molar-refractivity contribution in [2.75, 3.05) is 30.8 Å². The van der Waals surface area contributed by atoms with E-state index in [1.165, 1.54) is 0 Å². The van der Waals surface area contributed by atoms with Crippen molar-refractivity contribution in [2.24, 2.45) is 0 Å². The van der Waals surface area contributed by atoms with E-state index < -0.39 is 10.0 Å². The second-order valence-corrected chi connectivity index (χ2v) is 7.42. The smallest absolute Gasteiger partial charge is 0.235 e. The molecule has 2 N–H and O–H groups in total. The quantitative estimate of drug-likeness (QED) is 0.796. The van der Waals surface area contributed by atoms with Crippen molar-refractivity contribution in [3.05, 3.63) is 23.9 Å². The van der Waals surface area contributed by atoms with Gasteiger partial charge in [0.2, 0.25) is 15.9 Å². The first-order chi connectivity index (χ1) is 10.3. The number of aromatic nitrogens is 1. The summed E-state index contributed by atoms with van der Waals surface area (Å²) in [7, 11) is -3.35. The molecular weight excluding hydrogens is 304 g/mol. The SMILES string of the molecule is Cc1cccc(N2CCC[C@H](NC(=O)CNS(C)(=O)=O)C2)n1. The number of piperidine rings is 1. The molecule has 1 aromatic heterocycles. The van der Waals surface area contributed by atoms with Crippen LogP contribution in [0.1, 0.15) is 18.5 Å². The Morgan fingerprint density at radius 3 is 2.91 bits per heavy atom. The monoisotopic (exact) mass is 326 g/mol. The molecule has 0 unspecified atom stereocenters. The third-order valence-electron chi connectivity index (χ3n) is 3.48. The Labute approximate surface area is 131 Å². The number of carbonyl (C=O) groups is 1. The summed E-state index contributed by atoms with van der Waals surface area (Å²) in [5.74, 6) is 0.600. The van der Waals surface area contributed by atoms with Crippen LogP contribution in [-0.2, 0) is 14.8 Å². The number of rotatable bonds is 5. The first-order valence-corrected chi connectivity index (χ1v) is 9.15. The average molecular weight is 326 g/mol. The lowest BCUT2D eigenvalue weighted by Gasteiger charge is -2.34. The molecular formula is C14H22N4O3S. The minimum absolute atomic E-state index is 0.00456. The highest BCUT2D eigenvalue weighted by Gasteiger charge is 2.22. The maximum absolute atomic E-state index is 11.8. The lowest BCUT2D eigenvalue weighted by molar-refractivity contribution is -0.120. The molecule has 0 spiro atoms. The van der Waals surface area contributed by atoms with Gasteiger partial charge in [0, 0.05) is 24.8 Å². The summed E-state index contributed by atoms with van der Waals surface area (Å²) >= 11 is 0. The number of amides is 1. The van der Waals surface area contributed by atoms with E-state index in [4.69, 9.17) is 0 Å². The van der Waals surface area contributed by atoms with E-state index in [1.807, 2.05) is 25.1 Å². The lowest BCUT2D eigenvalue weighted by Crippen LogP contribution is -2.50. The van der Waals surface area contributed by atoms with E-state index in [0.29, 0.717) is 6.54 Å². The molecule has 1 aromatic rings. The molecule has 1 fully saturated rings. The molecule has 22 heavy (non-hydrogen) atoms. The number of pyridine rings is 1. The van der Waals surface area contributed by atoms with Gasteiger partial charge in [-0.1, -0.05) is 6.07 Å². The summed E-state index contributed by atoms with van der Waals surface area (Å²) in [6.45, 7) is 3.31. The number of anilines is 1. The number of aryl methyl sites for hydroxylation is 1. The van der Waals surface area contributed by atoms with E-state index in [1.54, 1.807) is 0 Å². The number of hydrogen-bond acceptors (Lipinski definition) is 5. The number of carbonyl (C=O) groups excluding carboxylic acids is 1. The van der Waals surface area contributed by atoms with Gasteiger partial charge >= 0.3 is 0 Å². The van der Waals surface area contributed by atoms with Crippen molar-refractivity contribution in [3.63, 3.8) is 0 Å².